The van der Waals surface area contributed by atoms with E-state index in [2.05, 4.69) is 9.87 Å². The molecule has 0 aliphatic heterocycles. The molecule has 0 bridgehead atoms. The summed E-state index contributed by atoms with van der Waals surface area (Å²) in [7, 11) is 0. The summed E-state index contributed by atoms with van der Waals surface area (Å²) in [6.07, 6.45) is 2.99. The van der Waals surface area contributed by atoms with Crippen molar-refractivity contribution < 1.29 is 23.3 Å². The minimum absolute atomic E-state index is 0.0695. The molecule has 0 radical (unpaired) electrons. The summed E-state index contributed by atoms with van der Waals surface area (Å²) in [6, 6.07) is 6.77. The van der Waals surface area contributed by atoms with E-state index in [9.17, 15) is 9.66 Å². The van der Waals surface area contributed by atoms with E-state index in [1.165, 1.54) is 18.5 Å². The van der Waals surface area contributed by atoms with Gasteiger partial charge in [0.05, 0.1) is 24.2 Å². The summed E-state index contributed by atoms with van der Waals surface area (Å²) in [6.45, 7) is 5.02. The molecule has 1 aromatic carbocycles. The van der Waals surface area contributed by atoms with Crippen LogP contribution in [0, 0.1) is 5.82 Å². The fourth-order valence-corrected chi connectivity index (χ4v) is 2.92. The fraction of sp³-hybridized carbons (Fsp3) is 0.316. The fourth-order valence-electron chi connectivity index (χ4n) is 2.51. The Morgan fingerprint density at radius 2 is 2.07 bits per heavy atom. The predicted octanol–water partition coefficient (Wildman–Crippen LogP) is 3.61. The molecule has 0 aliphatic rings. The van der Waals surface area contributed by atoms with Crippen LogP contribution < -0.4 is 4.89 Å². The van der Waals surface area contributed by atoms with E-state index in [-0.39, 0.29) is 24.5 Å². The van der Waals surface area contributed by atoms with Crippen molar-refractivity contribution in [3.63, 3.8) is 0 Å². The Balaban J connectivity index is 1.89. The Labute approximate surface area is 159 Å². The number of pyridine rings is 1. The van der Waals surface area contributed by atoms with Crippen LogP contribution in [0.3, 0.4) is 0 Å². The first-order valence-electron chi connectivity index (χ1n) is 8.35. The lowest BCUT2D eigenvalue weighted by atomic mass is 10.0. The van der Waals surface area contributed by atoms with Crippen molar-refractivity contribution in [2.24, 2.45) is 0 Å². The van der Waals surface area contributed by atoms with Crippen LogP contribution in [0.4, 0.5) is 4.39 Å². The third-order valence-electron chi connectivity index (χ3n) is 3.94. The molecular weight excluding hydrogens is 371 g/mol. The predicted molar refractivity (Wildman–Crippen MR) is 101 cm³/mol. The number of aliphatic hydroxyl groups excluding tert-OH is 1. The van der Waals surface area contributed by atoms with E-state index in [1.807, 2.05) is 0 Å². The molecule has 2 heterocycles. The Hall–Kier alpha value is -1.97. The quantitative estimate of drug-likeness (QED) is 0.492. The third-order valence-corrected chi connectivity index (χ3v) is 5.33. The molecule has 0 spiro atoms. The van der Waals surface area contributed by atoms with E-state index in [0.717, 1.165) is 5.39 Å². The van der Waals surface area contributed by atoms with E-state index in [4.69, 9.17) is 9.25 Å². The van der Waals surface area contributed by atoms with Gasteiger partial charge in [-0.1, -0.05) is 0 Å². The van der Waals surface area contributed by atoms with Gasteiger partial charge in [0.25, 0.3) is 0 Å². The number of aromatic nitrogens is 1. The van der Waals surface area contributed by atoms with E-state index >= 15 is 4.39 Å². The van der Waals surface area contributed by atoms with Gasteiger partial charge in [-0.15, -0.1) is 0 Å². The number of hydrogen-bond acceptors (Lipinski definition) is 6. The highest BCUT2D eigenvalue weighted by atomic mass is 32.2. The van der Waals surface area contributed by atoms with Crippen molar-refractivity contribution in [2.75, 3.05) is 0 Å². The number of nitrogens with one attached hydrogen (secondary N) is 1. The number of furan rings is 1. The summed E-state index contributed by atoms with van der Waals surface area (Å²) in [5.41, 5.74) is 2.05. The Morgan fingerprint density at radius 1 is 1.30 bits per heavy atom. The zero-order chi connectivity index (χ0) is 19.6. The highest BCUT2D eigenvalue weighted by Gasteiger charge is 2.27. The summed E-state index contributed by atoms with van der Waals surface area (Å²) < 4.78 is 32.0. The zero-order valence-electron chi connectivity index (χ0n) is 15.3. The summed E-state index contributed by atoms with van der Waals surface area (Å²) in [4.78, 5) is 11.6. The lowest BCUT2D eigenvalue weighted by Gasteiger charge is -2.22. The minimum Gasteiger partial charge on any atom is -0.596 e. The second-order valence-electron chi connectivity index (χ2n) is 7.01. The first-order chi connectivity index (χ1) is 12.8. The molecule has 0 saturated heterocycles. The van der Waals surface area contributed by atoms with Crippen LogP contribution in [0.25, 0.3) is 22.1 Å². The van der Waals surface area contributed by atoms with Gasteiger partial charge >= 0.3 is 0 Å². The Kier molecular flexibility index (Phi) is 5.83. The minimum atomic E-state index is -1.44. The number of halogens is 1. The first kappa shape index (κ1) is 19.8. The molecule has 1 atom stereocenters. The maximum Gasteiger partial charge on any atom is 0.155 e. The molecule has 3 aromatic rings. The highest BCUT2D eigenvalue weighted by molar-refractivity contribution is 7.90. The summed E-state index contributed by atoms with van der Waals surface area (Å²) >= 11 is -1.44. The summed E-state index contributed by atoms with van der Waals surface area (Å²) in [5, 5.41) is 10.2. The van der Waals surface area contributed by atoms with Crippen LogP contribution in [0.15, 0.2) is 41.1 Å². The van der Waals surface area contributed by atoms with Gasteiger partial charge in [0.2, 0.25) is 0 Å². The molecule has 0 amide bonds. The molecule has 2 N–H and O–H groups in total. The molecule has 0 saturated carbocycles. The van der Waals surface area contributed by atoms with Crippen molar-refractivity contribution in [3.05, 3.63) is 53.8 Å². The van der Waals surface area contributed by atoms with E-state index in [1.54, 1.807) is 39.0 Å². The number of fused-ring (bicyclic) bond motifs is 1. The second-order valence-corrected chi connectivity index (χ2v) is 8.94. The van der Waals surface area contributed by atoms with Gasteiger partial charge in [-0.25, -0.2) is 4.39 Å². The molecule has 0 aliphatic carbocycles. The lowest BCUT2D eigenvalue weighted by molar-refractivity contribution is 0.0736. The molecular formula is C19H21FN2O4S. The maximum atomic E-state index is 15.0. The lowest BCUT2D eigenvalue weighted by Crippen LogP contribution is -2.39. The average Bonchev–Trinajstić information content (AvgIpc) is 3.10. The van der Waals surface area contributed by atoms with Crippen LogP contribution in [0.2, 0.25) is 0 Å². The number of aliphatic hydroxyl groups is 1. The van der Waals surface area contributed by atoms with Gasteiger partial charge < -0.3 is 14.1 Å². The normalized spacial score (nSPS) is 13.3. The SMILES string of the molecule is CC(C)(C)[S@+]([O-])NOCc1nccc(-c2cc(CO)cc3ccoc23)c1F. The van der Waals surface area contributed by atoms with Crippen LogP contribution in [-0.4, -0.2) is 19.4 Å². The highest BCUT2D eigenvalue weighted by Crippen LogP contribution is 2.33. The molecule has 8 heteroatoms. The van der Waals surface area contributed by atoms with Gasteiger partial charge in [-0.2, -0.15) is 0 Å². The molecule has 144 valence electrons. The monoisotopic (exact) mass is 392 g/mol. The van der Waals surface area contributed by atoms with Gasteiger partial charge in [0, 0.05) is 22.7 Å². The van der Waals surface area contributed by atoms with Gasteiger partial charge in [0.1, 0.15) is 22.6 Å². The van der Waals surface area contributed by atoms with Crippen molar-refractivity contribution in [1.29, 1.82) is 0 Å². The number of hydrogen-bond donors (Lipinski definition) is 2. The first-order valence-corrected chi connectivity index (χ1v) is 9.50. The van der Waals surface area contributed by atoms with Crippen molar-refractivity contribution in [1.82, 2.24) is 9.87 Å². The molecule has 0 fully saturated rings. The smallest absolute Gasteiger partial charge is 0.155 e. The maximum absolute atomic E-state index is 15.0. The van der Waals surface area contributed by atoms with Crippen LogP contribution in [0.5, 0.6) is 0 Å². The number of benzene rings is 1. The van der Waals surface area contributed by atoms with Crippen LogP contribution >= 0.6 is 0 Å². The Morgan fingerprint density at radius 3 is 2.78 bits per heavy atom. The van der Waals surface area contributed by atoms with Gasteiger partial charge in [-0.05, 0) is 55.5 Å². The molecule has 27 heavy (non-hydrogen) atoms. The van der Waals surface area contributed by atoms with Crippen molar-refractivity contribution in [2.45, 2.75) is 38.7 Å². The standard InChI is InChI=1S/C19H21FN2O4S/c1-19(2,3)27(24)22-26-11-16-17(20)14(4-6-21-16)15-9-12(10-23)8-13-5-7-25-18(13)15/h4-9,22-23H,10-11H2,1-3H3/t27-/m0/s1. The largest absolute Gasteiger partial charge is 0.596 e. The topological polar surface area (TPSA) is 90.6 Å². The van der Waals surface area contributed by atoms with E-state index in [0.29, 0.717) is 16.7 Å². The molecule has 2 aromatic heterocycles. The average molecular weight is 392 g/mol. The third kappa shape index (κ3) is 4.31. The van der Waals surface area contributed by atoms with Crippen molar-refractivity contribution >= 4 is 22.3 Å². The Bertz CT molecular complexity index is 939. The van der Waals surface area contributed by atoms with Crippen LogP contribution in [-0.2, 0) is 29.4 Å². The molecule has 3 rings (SSSR count). The van der Waals surface area contributed by atoms with Gasteiger partial charge in [0.15, 0.2) is 5.82 Å². The van der Waals surface area contributed by atoms with Crippen LogP contribution in [0.1, 0.15) is 32.0 Å². The molecule has 6 nitrogen and oxygen atoms in total. The van der Waals surface area contributed by atoms with Gasteiger partial charge in [-0.3, -0.25) is 9.82 Å². The summed E-state index contributed by atoms with van der Waals surface area (Å²) in [5.74, 6) is -0.561. The number of rotatable bonds is 6. The van der Waals surface area contributed by atoms with E-state index < -0.39 is 21.9 Å². The zero-order valence-corrected chi connectivity index (χ0v) is 16.1. The van der Waals surface area contributed by atoms with Crippen molar-refractivity contribution in [3.8, 4) is 11.1 Å². The molecule has 0 unspecified atom stereocenters. The second kappa shape index (κ2) is 7.95. The number of nitrogens with zero attached hydrogens (tertiary/aromatic N) is 1.